The van der Waals surface area contributed by atoms with Crippen molar-refractivity contribution in [1.82, 2.24) is 0 Å². The van der Waals surface area contributed by atoms with Crippen LogP contribution in [-0.4, -0.2) is 17.5 Å². The highest BCUT2D eigenvalue weighted by Crippen LogP contribution is 2.21. The van der Waals surface area contributed by atoms with Crippen molar-refractivity contribution >= 4 is 33.3 Å². The fourth-order valence-electron chi connectivity index (χ4n) is 0.796. The molecule has 0 spiro atoms. The lowest BCUT2D eigenvalue weighted by atomic mass is 10.1. The summed E-state index contributed by atoms with van der Waals surface area (Å²) in [5.74, 6) is -0.343. The van der Waals surface area contributed by atoms with Crippen LogP contribution in [0, 0.1) is 0 Å². The van der Waals surface area contributed by atoms with E-state index in [0.717, 1.165) is 0 Å². The molecule has 0 aliphatic rings. The Morgan fingerprint density at radius 3 is 2.83 bits per heavy atom. The number of hydrogen-bond acceptors (Lipinski definition) is 2. The van der Waals surface area contributed by atoms with Gasteiger partial charge in [0.25, 0.3) is 0 Å². The fourth-order valence-corrected chi connectivity index (χ4v) is 1.44. The molecular formula is C8H6BrClO2. The maximum Gasteiger partial charge on any atom is 0.189 e. The molecule has 1 N–H and O–H groups in total. The van der Waals surface area contributed by atoms with Gasteiger partial charge in [0, 0.05) is 15.1 Å². The van der Waals surface area contributed by atoms with Gasteiger partial charge in [-0.3, -0.25) is 4.79 Å². The van der Waals surface area contributed by atoms with E-state index in [9.17, 15) is 4.79 Å². The number of ketones is 1. The molecule has 0 aliphatic heterocycles. The van der Waals surface area contributed by atoms with Gasteiger partial charge in [-0.25, -0.2) is 0 Å². The first-order valence-electron chi connectivity index (χ1n) is 3.24. The van der Waals surface area contributed by atoms with Crippen molar-refractivity contribution in [2.75, 3.05) is 6.61 Å². The molecule has 64 valence electrons. The zero-order chi connectivity index (χ0) is 9.14. The first-order valence-corrected chi connectivity index (χ1v) is 4.41. The molecule has 0 bridgehead atoms. The van der Waals surface area contributed by atoms with Crippen molar-refractivity contribution in [3.8, 4) is 0 Å². The molecule has 12 heavy (non-hydrogen) atoms. The second kappa shape index (κ2) is 4.03. The van der Waals surface area contributed by atoms with Gasteiger partial charge in [0.15, 0.2) is 5.78 Å². The highest BCUT2D eigenvalue weighted by Gasteiger charge is 2.08. The van der Waals surface area contributed by atoms with Crippen LogP contribution in [0.25, 0.3) is 0 Å². The van der Waals surface area contributed by atoms with Crippen LogP contribution < -0.4 is 0 Å². The summed E-state index contributed by atoms with van der Waals surface area (Å²) in [6, 6.07) is 4.86. The summed E-state index contributed by atoms with van der Waals surface area (Å²) >= 11 is 8.84. The Morgan fingerprint density at radius 1 is 1.58 bits per heavy atom. The van der Waals surface area contributed by atoms with Crippen LogP contribution in [0.5, 0.6) is 0 Å². The van der Waals surface area contributed by atoms with Gasteiger partial charge in [-0.15, -0.1) is 0 Å². The molecule has 0 unspecified atom stereocenters. The zero-order valence-electron chi connectivity index (χ0n) is 6.05. The van der Waals surface area contributed by atoms with E-state index in [4.69, 9.17) is 16.7 Å². The number of aliphatic hydroxyl groups excluding tert-OH is 1. The molecule has 0 aliphatic carbocycles. The Bertz CT molecular complexity index is 312. The minimum absolute atomic E-state index is 0.343. The second-order valence-electron chi connectivity index (χ2n) is 2.21. The van der Waals surface area contributed by atoms with Crippen LogP contribution in [0.2, 0.25) is 5.02 Å². The predicted molar refractivity (Wildman–Crippen MR) is 50.6 cm³/mol. The molecule has 0 saturated heterocycles. The lowest BCUT2D eigenvalue weighted by molar-refractivity contribution is 0.0903. The van der Waals surface area contributed by atoms with E-state index in [1.165, 1.54) is 6.07 Å². The lowest BCUT2D eigenvalue weighted by Gasteiger charge is -2.00. The summed E-state index contributed by atoms with van der Waals surface area (Å²) in [5, 5.41) is 9.07. The smallest absolute Gasteiger partial charge is 0.189 e. The number of halogens is 2. The molecule has 0 fully saturated rings. The summed E-state index contributed by atoms with van der Waals surface area (Å²) in [6.45, 7) is -0.501. The van der Waals surface area contributed by atoms with Gasteiger partial charge in [-0.1, -0.05) is 27.5 Å². The molecule has 4 heteroatoms. The van der Waals surface area contributed by atoms with Crippen molar-refractivity contribution < 1.29 is 9.90 Å². The van der Waals surface area contributed by atoms with Gasteiger partial charge < -0.3 is 5.11 Å². The summed E-state index contributed by atoms with van der Waals surface area (Å²) in [7, 11) is 0. The Morgan fingerprint density at radius 2 is 2.25 bits per heavy atom. The predicted octanol–water partition coefficient (Wildman–Crippen LogP) is 2.28. The van der Waals surface area contributed by atoms with Crippen LogP contribution in [0.1, 0.15) is 10.4 Å². The summed E-state index contributed by atoms with van der Waals surface area (Å²) in [5.41, 5.74) is 0.407. The third-order valence-electron chi connectivity index (χ3n) is 1.37. The highest BCUT2D eigenvalue weighted by molar-refractivity contribution is 9.10. The second-order valence-corrected chi connectivity index (χ2v) is 3.50. The Kier molecular flexibility index (Phi) is 3.26. The number of carbonyl (C=O) groups excluding carboxylic acids is 1. The highest BCUT2D eigenvalue weighted by atomic mass is 79.9. The van der Waals surface area contributed by atoms with Gasteiger partial charge in [-0.05, 0) is 18.2 Å². The molecule has 1 aromatic rings. The third-order valence-corrected chi connectivity index (χ3v) is 2.30. The number of carbonyl (C=O) groups is 1. The Hall–Kier alpha value is -0.380. The molecule has 1 rings (SSSR count). The van der Waals surface area contributed by atoms with E-state index in [-0.39, 0.29) is 5.78 Å². The van der Waals surface area contributed by atoms with Gasteiger partial charge in [0.2, 0.25) is 0 Å². The van der Waals surface area contributed by atoms with Crippen molar-refractivity contribution in [3.05, 3.63) is 33.3 Å². The number of aliphatic hydroxyl groups is 1. The van der Waals surface area contributed by atoms with Gasteiger partial charge >= 0.3 is 0 Å². The van der Waals surface area contributed by atoms with Crippen molar-refractivity contribution in [2.45, 2.75) is 0 Å². The van der Waals surface area contributed by atoms with E-state index in [1.807, 2.05) is 0 Å². The Balaban J connectivity index is 3.13. The van der Waals surface area contributed by atoms with Gasteiger partial charge in [0.05, 0.1) is 0 Å². The van der Waals surface area contributed by atoms with Crippen LogP contribution in [0.4, 0.5) is 0 Å². The minimum Gasteiger partial charge on any atom is -0.388 e. The van der Waals surface area contributed by atoms with Gasteiger partial charge in [0.1, 0.15) is 6.61 Å². The van der Waals surface area contributed by atoms with Crippen molar-refractivity contribution in [3.63, 3.8) is 0 Å². The maximum absolute atomic E-state index is 11.0. The average molecular weight is 249 g/mol. The van der Waals surface area contributed by atoms with E-state index in [0.29, 0.717) is 15.1 Å². The third kappa shape index (κ3) is 2.06. The monoisotopic (exact) mass is 248 g/mol. The number of Topliss-reactive ketones (excluding diaryl/α,β-unsaturated/α-hetero) is 1. The molecule has 0 heterocycles. The van der Waals surface area contributed by atoms with E-state index < -0.39 is 6.61 Å². The zero-order valence-corrected chi connectivity index (χ0v) is 8.39. The molecule has 0 atom stereocenters. The molecule has 0 saturated carbocycles. The summed E-state index contributed by atoms with van der Waals surface area (Å²) in [4.78, 5) is 11.0. The standard InChI is InChI=1S/C8H6BrClO2/c9-7-2-1-5(10)3-6(7)8(12)4-11/h1-3,11H,4H2. The molecule has 0 aromatic heterocycles. The number of rotatable bonds is 2. The fraction of sp³-hybridized carbons (Fsp3) is 0.125. The van der Waals surface area contributed by atoms with Crippen molar-refractivity contribution in [1.29, 1.82) is 0 Å². The lowest BCUT2D eigenvalue weighted by Crippen LogP contribution is -2.04. The molecular weight excluding hydrogens is 243 g/mol. The van der Waals surface area contributed by atoms with Crippen LogP contribution in [0.15, 0.2) is 22.7 Å². The first-order chi connectivity index (χ1) is 5.65. The SMILES string of the molecule is O=C(CO)c1cc(Cl)ccc1Br. The summed E-state index contributed by atoms with van der Waals surface area (Å²) in [6.07, 6.45) is 0. The molecule has 0 radical (unpaired) electrons. The number of benzene rings is 1. The summed E-state index contributed by atoms with van der Waals surface area (Å²) < 4.78 is 0.644. The van der Waals surface area contributed by atoms with Crippen LogP contribution in [-0.2, 0) is 0 Å². The molecule has 0 amide bonds. The Labute approximate surface area is 83.3 Å². The van der Waals surface area contributed by atoms with E-state index in [1.54, 1.807) is 12.1 Å². The van der Waals surface area contributed by atoms with Crippen molar-refractivity contribution in [2.24, 2.45) is 0 Å². The first kappa shape index (κ1) is 9.71. The van der Waals surface area contributed by atoms with E-state index in [2.05, 4.69) is 15.9 Å². The quantitative estimate of drug-likeness (QED) is 0.817. The molecule has 2 nitrogen and oxygen atoms in total. The normalized spacial score (nSPS) is 9.92. The minimum atomic E-state index is -0.501. The van der Waals surface area contributed by atoms with E-state index >= 15 is 0 Å². The average Bonchev–Trinajstić information content (AvgIpc) is 2.08. The topological polar surface area (TPSA) is 37.3 Å². The van der Waals surface area contributed by atoms with Crippen LogP contribution >= 0.6 is 27.5 Å². The number of hydrogen-bond donors (Lipinski definition) is 1. The molecule has 1 aromatic carbocycles. The maximum atomic E-state index is 11.0. The largest absolute Gasteiger partial charge is 0.388 e. The van der Waals surface area contributed by atoms with Crippen LogP contribution in [0.3, 0.4) is 0 Å². The van der Waals surface area contributed by atoms with Gasteiger partial charge in [-0.2, -0.15) is 0 Å².